The fourth-order valence-corrected chi connectivity index (χ4v) is 2.15. The van der Waals surface area contributed by atoms with Crippen molar-refractivity contribution in [2.24, 2.45) is 11.5 Å². The Balaban J connectivity index is 3.30. The minimum atomic E-state index is -1.20. The van der Waals surface area contributed by atoms with E-state index in [4.69, 9.17) is 21.7 Å². The van der Waals surface area contributed by atoms with Crippen LogP contribution in [0.4, 0.5) is 11.4 Å². The number of para-hydroxylation sites is 2. The Morgan fingerprint density at radius 2 is 1.08 bits per heavy atom. The Morgan fingerprint density at radius 3 is 1.33 bits per heavy atom. The Kier molecular flexibility index (Phi) is 6.53. The summed E-state index contributed by atoms with van der Waals surface area (Å²) in [6.45, 7) is -1.84. The number of carboxylic acid groups (broad SMARTS) is 2. The van der Waals surface area contributed by atoms with E-state index < -0.39 is 36.8 Å². The molecule has 0 aromatic heterocycles. The van der Waals surface area contributed by atoms with Crippen LogP contribution in [0.15, 0.2) is 24.3 Å². The maximum Gasteiger partial charge on any atom is 0.323 e. The molecule has 0 unspecified atom stereocenters. The van der Waals surface area contributed by atoms with E-state index in [1.54, 1.807) is 12.1 Å². The largest absolute Gasteiger partial charge is 0.480 e. The second-order valence-corrected chi connectivity index (χ2v) is 4.92. The van der Waals surface area contributed by atoms with Crippen molar-refractivity contribution in [1.29, 1.82) is 0 Å². The molecule has 0 saturated heterocycles. The summed E-state index contributed by atoms with van der Waals surface area (Å²) in [4.78, 5) is 46.8. The van der Waals surface area contributed by atoms with Gasteiger partial charge in [0.15, 0.2) is 0 Å². The van der Waals surface area contributed by atoms with E-state index in [1.165, 1.54) is 21.9 Å². The molecule has 0 aliphatic heterocycles. The van der Waals surface area contributed by atoms with Crippen molar-refractivity contribution in [2.45, 2.75) is 0 Å². The maximum atomic E-state index is 11.2. The highest BCUT2D eigenvalue weighted by Crippen LogP contribution is 2.29. The zero-order valence-corrected chi connectivity index (χ0v) is 12.7. The molecule has 0 atom stereocenters. The third kappa shape index (κ3) is 5.83. The lowest BCUT2D eigenvalue weighted by Crippen LogP contribution is -2.41. The van der Waals surface area contributed by atoms with Crippen LogP contribution in [0.1, 0.15) is 0 Å². The van der Waals surface area contributed by atoms with E-state index in [1.807, 2.05) is 0 Å². The monoisotopic (exact) mass is 338 g/mol. The molecule has 0 saturated carbocycles. The standard InChI is InChI=1S/C14H18N4O6/c15-11(19)5-17(7-13(21)22)9-3-1-2-4-10(9)18(6-12(16)20)8-14(23)24/h1-4H,5-8H2,(H2,15,19)(H2,16,20)(H,21,22)(H,23,24). The van der Waals surface area contributed by atoms with E-state index in [0.717, 1.165) is 0 Å². The number of aliphatic carboxylic acids is 2. The van der Waals surface area contributed by atoms with Gasteiger partial charge in [-0.25, -0.2) is 0 Å². The molecule has 10 nitrogen and oxygen atoms in total. The van der Waals surface area contributed by atoms with Gasteiger partial charge in [-0.3, -0.25) is 19.2 Å². The number of carbonyl (C=O) groups is 4. The second-order valence-electron chi connectivity index (χ2n) is 4.92. The average Bonchev–Trinajstić information content (AvgIpc) is 2.44. The predicted molar refractivity (Wildman–Crippen MR) is 84.5 cm³/mol. The summed E-state index contributed by atoms with van der Waals surface area (Å²) in [5, 5.41) is 18.0. The molecule has 0 fully saturated rings. The van der Waals surface area contributed by atoms with Crippen LogP contribution >= 0.6 is 0 Å². The normalized spacial score (nSPS) is 10.0. The van der Waals surface area contributed by atoms with Gasteiger partial charge in [0.05, 0.1) is 24.5 Å². The quantitative estimate of drug-likeness (QED) is 0.397. The molecule has 0 radical (unpaired) electrons. The highest BCUT2D eigenvalue weighted by molar-refractivity contribution is 5.89. The number of nitrogens with two attached hydrogens (primary N) is 2. The fourth-order valence-electron chi connectivity index (χ4n) is 2.15. The maximum absolute atomic E-state index is 11.2. The molecule has 0 aliphatic carbocycles. The molecular formula is C14H18N4O6. The molecule has 1 rings (SSSR count). The topological polar surface area (TPSA) is 167 Å². The van der Waals surface area contributed by atoms with Crippen LogP contribution in [-0.2, 0) is 19.2 Å². The molecule has 2 amide bonds. The van der Waals surface area contributed by atoms with Gasteiger partial charge in [0, 0.05) is 0 Å². The summed E-state index contributed by atoms with van der Waals surface area (Å²) in [7, 11) is 0. The van der Waals surface area contributed by atoms with E-state index >= 15 is 0 Å². The van der Waals surface area contributed by atoms with Gasteiger partial charge in [-0.2, -0.15) is 0 Å². The summed E-state index contributed by atoms with van der Waals surface area (Å²) < 4.78 is 0. The first-order valence-corrected chi connectivity index (χ1v) is 6.79. The first-order valence-electron chi connectivity index (χ1n) is 6.79. The predicted octanol–water partition coefficient (Wildman–Crippen LogP) is -1.56. The molecule has 0 bridgehead atoms. The van der Waals surface area contributed by atoms with E-state index in [9.17, 15) is 19.2 Å². The van der Waals surface area contributed by atoms with Gasteiger partial charge in [-0.1, -0.05) is 12.1 Å². The molecule has 130 valence electrons. The summed E-state index contributed by atoms with van der Waals surface area (Å²) in [6, 6.07) is 6.16. The van der Waals surface area contributed by atoms with Crippen LogP contribution in [-0.4, -0.2) is 60.1 Å². The van der Waals surface area contributed by atoms with Gasteiger partial charge >= 0.3 is 11.9 Å². The number of carbonyl (C=O) groups excluding carboxylic acids is 2. The lowest BCUT2D eigenvalue weighted by molar-refractivity contribution is -0.136. The molecule has 0 aliphatic rings. The summed E-state index contributed by atoms with van der Waals surface area (Å²) >= 11 is 0. The first kappa shape index (κ1) is 18.7. The van der Waals surface area contributed by atoms with Crippen LogP contribution in [0.2, 0.25) is 0 Å². The van der Waals surface area contributed by atoms with E-state index in [2.05, 4.69) is 0 Å². The lowest BCUT2D eigenvalue weighted by Gasteiger charge is -2.29. The number of benzene rings is 1. The number of hydrogen-bond donors (Lipinski definition) is 4. The van der Waals surface area contributed by atoms with Gasteiger partial charge in [-0.15, -0.1) is 0 Å². The lowest BCUT2D eigenvalue weighted by atomic mass is 10.2. The van der Waals surface area contributed by atoms with Crippen molar-refractivity contribution >= 4 is 35.1 Å². The smallest absolute Gasteiger partial charge is 0.323 e. The zero-order chi connectivity index (χ0) is 18.3. The molecule has 0 heterocycles. The number of rotatable bonds is 10. The highest BCUT2D eigenvalue weighted by atomic mass is 16.4. The average molecular weight is 338 g/mol. The Morgan fingerprint density at radius 1 is 0.750 bits per heavy atom. The molecule has 10 heteroatoms. The van der Waals surface area contributed by atoms with Gasteiger partial charge in [-0.05, 0) is 12.1 Å². The molecule has 6 N–H and O–H groups in total. The fraction of sp³-hybridized carbons (Fsp3) is 0.286. The van der Waals surface area contributed by atoms with E-state index in [0.29, 0.717) is 0 Å². The Labute approximate surface area is 137 Å². The third-order valence-corrected chi connectivity index (χ3v) is 2.91. The Bertz CT molecular complexity index is 561. The van der Waals surface area contributed by atoms with Gasteiger partial charge in [0.2, 0.25) is 11.8 Å². The van der Waals surface area contributed by atoms with Gasteiger partial charge in [0.25, 0.3) is 0 Å². The van der Waals surface area contributed by atoms with Crippen LogP contribution in [0, 0.1) is 0 Å². The second kappa shape index (κ2) is 8.36. The van der Waals surface area contributed by atoms with Crippen LogP contribution < -0.4 is 21.3 Å². The van der Waals surface area contributed by atoms with Gasteiger partial charge < -0.3 is 31.5 Å². The minimum absolute atomic E-state index is 0.251. The number of amides is 2. The summed E-state index contributed by atoms with van der Waals surface area (Å²) in [5.41, 5.74) is 10.8. The van der Waals surface area contributed by atoms with E-state index in [-0.39, 0.29) is 24.5 Å². The molecule has 1 aromatic carbocycles. The van der Waals surface area contributed by atoms with Crippen LogP contribution in [0.5, 0.6) is 0 Å². The minimum Gasteiger partial charge on any atom is -0.480 e. The van der Waals surface area contributed by atoms with Crippen molar-refractivity contribution < 1.29 is 29.4 Å². The Hall–Kier alpha value is -3.30. The summed E-state index contributed by atoms with van der Waals surface area (Å²) in [6.07, 6.45) is 0. The van der Waals surface area contributed by atoms with Crippen molar-refractivity contribution in [3.05, 3.63) is 24.3 Å². The molecule has 0 spiro atoms. The van der Waals surface area contributed by atoms with Crippen molar-refractivity contribution in [1.82, 2.24) is 0 Å². The van der Waals surface area contributed by atoms with Crippen molar-refractivity contribution in [2.75, 3.05) is 36.0 Å². The first-order chi connectivity index (χ1) is 11.2. The SMILES string of the molecule is NC(=O)CN(CC(=O)O)c1ccccc1N(CC(N)=O)CC(=O)O. The third-order valence-electron chi connectivity index (χ3n) is 2.91. The summed E-state index contributed by atoms with van der Waals surface area (Å²) in [5.74, 6) is -3.92. The van der Waals surface area contributed by atoms with Crippen LogP contribution in [0.3, 0.4) is 0 Å². The molecule has 24 heavy (non-hydrogen) atoms. The van der Waals surface area contributed by atoms with Crippen LogP contribution in [0.25, 0.3) is 0 Å². The van der Waals surface area contributed by atoms with Crippen molar-refractivity contribution in [3.8, 4) is 0 Å². The number of anilines is 2. The number of hydrogen-bond acceptors (Lipinski definition) is 6. The number of carboxylic acids is 2. The zero-order valence-electron chi connectivity index (χ0n) is 12.7. The van der Waals surface area contributed by atoms with Crippen molar-refractivity contribution in [3.63, 3.8) is 0 Å². The molecular weight excluding hydrogens is 320 g/mol. The number of primary amides is 2. The number of nitrogens with zero attached hydrogens (tertiary/aromatic N) is 2. The van der Waals surface area contributed by atoms with Gasteiger partial charge in [0.1, 0.15) is 13.1 Å². The highest BCUT2D eigenvalue weighted by Gasteiger charge is 2.21. The molecule has 1 aromatic rings.